The van der Waals surface area contributed by atoms with Gasteiger partial charge in [-0.15, -0.1) is 0 Å². The van der Waals surface area contributed by atoms with Crippen LogP contribution in [-0.4, -0.2) is 43.0 Å². The number of likely N-dealkylation sites (tertiary alicyclic amines) is 1. The monoisotopic (exact) mass is 427 g/mol. The minimum Gasteiger partial charge on any atom is -0.465 e. The molecule has 1 aliphatic heterocycles. The fourth-order valence-electron chi connectivity index (χ4n) is 3.53. The van der Waals surface area contributed by atoms with Crippen LogP contribution in [-0.2, 0) is 16.1 Å². The number of ether oxygens (including phenoxy) is 1. The molecule has 8 heteroatoms. The van der Waals surface area contributed by atoms with E-state index in [4.69, 9.17) is 0 Å². The van der Waals surface area contributed by atoms with Crippen LogP contribution in [0.1, 0.15) is 35.2 Å². The van der Waals surface area contributed by atoms with E-state index < -0.39 is 5.97 Å². The maximum absolute atomic E-state index is 13.2. The number of nitrogens with zero attached hydrogens (tertiary/aromatic N) is 1. The van der Waals surface area contributed by atoms with Crippen LogP contribution >= 0.6 is 0 Å². The molecule has 0 aliphatic carbocycles. The Balaban J connectivity index is 1.40. The molecule has 0 saturated carbocycles. The smallest absolute Gasteiger partial charge is 0.337 e. The molecular formula is C23H26FN3O4. The number of benzene rings is 2. The van der Waals surface area contributed by atoms with Gasteiger partial charge in [0, 0.05) is 31.7 Å². The van der Waals surface area contributed by atoms with Crippen LogP contribution in [0.5, 0.6) is 0 Å². The van der Waals surface area contributed by atoms with E-state index in [0.29, 0.717) is 37.3 Å². The van der Waals surface area contributed by atoms with E-state index in [9.17, 15) is 18.8 Å². The predicted molar refractivity (Wildman–Crippen MR) is 114 cm³/mol. The number of carbonyl (C=O) groups excluding carboxylic acids is 3. The lowest BCUT2D eigenvalue weighted by Crippen LogP contribution is -2.41. The number of piperidine rings is 1. The number of rotatable bonds is 6. The second-order valence-electron chi connectivity index (χ2n) is 7.54. The Morgan fingerprint density at radius 3 is 2.45 bits per heavy atom. The van der Waals surface area contributed by atoms with E-state index in [0.717, 1.165) is 18.4 Å². The Labute approximate surface area is 180 Å². The van der Waals surface area contributed by atoms with Crippen molar-refractivity contribution >= 4 is 23.6 Å². The highest BCUT2D eigenvalue weighted by Crippen LogP contribution is 2.21. The molecule has 2 aromatic rings. The first kappa shape index (κ1) is 22.3. The van der Waals surface area contributed by atoms with Gasteiger partial charge in [0.25, 0.3) is 0 Å². The van der Waals surface area contributed by atoms with Crippen LogP contribution in [0.2, 0.25) is 0 Å². The summed E-state index contributed by atoms with van der Waals surface area (Å²) in [6.45, 7) is 1.43. The van der Waals surface area contributed by atoms with Gasteiger partial charge in [-0.2, -0.15) is 0 Å². The molecule has 0 unspecified atom stereocenters. The maximum atomic E-state index is 13.2. The normalized spacial score (nSPS) is 14.1. The zero-order valence-corrected chi connectivity index (χ0v) is 17.4. The van der Waals surface area contributed by atoms with E-state index in [1.165, 1.54) is 19.2 Å². The number of anilines is 1. The number of amides is 3. The van der Waals surface area contributed by atoms with Crippen LogP contribution < -0.4 is 10.6 Å². The van der Waals surface area contributed by atoms with E-state index >= 15 is 0 Å². The maximum Gasteiger partial charge on any atom is 0.337 e. The summed E-state index contributed by atoms with van der Waals surface area (Å²) < 4.78 is 17.9. The van der Waals surface area contributed by atoms with Gasteiger partial charge in [0.1, 0.15) is 5.82 Å². The number of urea groups is 1. The zero-order chi connectivity index (χ0) is 22.2. The molecule has 1 fully saturated rings. The topological polar surface area (TPSA) is 87.7 Å². The first-order chi connectivity index (χ1) is 14.9. The number of methoxy groups -OCH3 is 1. The first-order valence-electron chi connectivity index (χ1n) is 10.2. The third-order valence-electron chi connectivity index (χ3n) is 5.31. The lowest BCUT2D eigenvalue weighted by molar-refractivity contribution is -0.122. The highest BCUT2D eigenvalue weighted by atomic mass is 19.1. The molecule has 2 aromatic carbocycles. The third-order valence-corrected chi connectivity index (χ3v) is 5.31. The van der Waals surface area contributed by atoms with Crippen molar-refractivity contribution in [1.29, 1.82) is 0 Å². The number of hydrogen-bond acceptors (Lipinski definition) is 4. The van der Waals surface area contributed by atoms with Crippen LogP contribution in [0.4, 0.5) is 14.9 Å². The van der Waals surface area contributed by atoms with Crippen molar-refractivity contribution in [2.75, 3.05) is 25.5 Å². The summed E-state index contributed by atoms with van der Waals surface area (Å²) in [7, 11) is 1.32. The molecule has 164 valence electrons. The Morgan fingerprint density at radius 1 is 1.10 bits per heavy atom. The van der Waals surface area contributed by atoms with E-state index in [2.05, 4.69) is 15.4 Å². The minimum atomic E-state index is -0.431. The van der Waals surface area contributed by atoms with Gasteiger partial charge < -0.3 is 20.3 Å². The van der Waals surface area contributed by atoms with Crippen LogP contribution in [0.3, 0.4) is 0 Å². The van der Waals surface area contributed by atoms with Gasteiger partial charge in [0.15, 0.2) is 0 Å². The van der Waals surface area contributed by atoms with Crippen molar-refractivity contribution in [3.8, 4) is 0 Å². The standard InChI is InChI=1S/C23H26FN3O4/c1-31-22(29)18-5-7-20(8-6-18)26-23(30)27-11-9-16(10-12-27)14-21(28)25-15-17-3-2-4-19(24)13-17/h2-8,13,16H,9-12,14-15H2,1H3,(H,25,28)(H,26,30). The first-order valence-corrected chi connectivity index (χ1v) is 10.2. The lowest BCUT2D eigenvalue weighted by Gasteiger charge is -2.31. The number of esters is 1. The Bertz CT molecular complexity index is 925. The summed E-state index contributed by atoms with van der Waals surface area (Å²) >= 11 is 0. The van der Waals surface area contributed by atoms with Gasteiger partial charge in [-0.25, -0.2) is 14.0 Å². The molecule has 0 atom stereocenters. The highest BCUT2D eigenvalue weighted by Gasteiger charge is 2.24. The molecule has 3 amide bonds. The summed E-state index contributed by atoms with van der Waals surface area (Å²) in [5.41, 5.74) is 1.73. The molecule has 1 aliphatic rings. The van der Waals surface area contributed by atoms with E-state index in [1.807, 2.05) is 0 Å². The SMILES string of the molecule is COC(=O)c1ccc(NC(=O)N2CCC(CC(=O)NCc3cccc(F)c3)CC2)cc1. The second-order valence-corrected chi connectivity index (χ2v) is 7.54. The van der Waals surface area contributed by atoms with Crippen molar-refractivity contribution in [2.45, 2.75) is 25.8 Å². The molecule has 0 spiro atoms. The Kier molecular flexibility index (Phi) is 7.59. The number of halogens is 1. The summed E-state index contributed by atoms with van der Waals surface area (Å²) in [6, 6.07) is 12.4. The van der Waals surface area contributed by atoms with E-state index in [-0.39, 0.29) is 23.7 Å². The van der Waals surface area contributed by atoms with Gasteiger partial charge in [0.05, 0.1) is 12.7 Å². The quantitative estimate of drug-likeness (QED) is 0.690. The lowest BCUT2D eigenvalue weighted by atomic mass is 9.93. The molecule has 7 nitrogen and oxygen atoms in total. The number of carbonyl (C=O) groups is 3. The van der Waals surface area contributed by atoms with Crippen molar-refractivity contribution in [2.24, 2.45) is 5.92 Å². The Morgan fingerprint density at radius 2 is 1.81 bits per heavy atom. The van der Waals surface area contributed by atoms with Crippen molar-refractivity contribution in [1.82, 2.24) is 10.2 Å². The van der Waals surface area contributed by atoms with Gasteiger partial charge in [-0.1, -0.05) is 12.1 Å². The summed E-state index contributed by atoms with van der Waals surface area (Å²) in [5, 5.41) is 5.64. The van der Waals surface area contributed by atoms with Gasteiger partial charge in [0.2, 0.25) is 5.91 Å². The molecule has 3 rings (SSSR count). The molecule has 2 N–H and O–H groups in total. The minimum absolute atomic E-state index is 0.0714. The average Bonchev–Trinajstić information content (AvgIpc) is 2.78. The van der Waals surface area contributed by atoms with Crippen LogP contribution in [0, 0.1) is 11.7 Å². The molecule has 0 bridgehead atoms. The van der Waals surface area contributed by atoms with Crippen molar-refractivity contribution < 1.29 is 23.5 Å². The molecular weight excluding hydrogens is 401 g/mol. The van der Waals surface area contributed by atoms with Crippen molar-refractivity contribution in [3.63, 3.8) is 0 Å². The van der Waals surface area contributed by atoms with Crippen molar-refractivity contribution in [3.05, 3.63) is 65.5 Å². The number of nitrogens with one attached hydrogen (secondary N) is 2. The summed E-state index contributed by atoms with van der Waals surface area (Å²) in [4.78, 5) is 37.8. The zero-order valence-electron chi connectivity index (χ0n) is 17.4. The van der Waals surface area contributed by atoms with Gasteiger partial charge in [-0.3, -0.25) is 4.79 Å². The second kappa shape index (κ2) is 10.6. The number of hydrogen-bond donors (Lipinski definition) is 2. The van der Waals surface area contributed by atoms with Crippen LogP contribution in [0.25, 0.3) is 0 Å². The van der Waals surface area contributed by atoms with Crippen LogP contribution in [0.15, 0.2) is 48.5 Å². The van der Waals surface area contributed by atoms with Gasteiger partial charge >= 0.3 is 12.0 Å². The third kappa shape index (κ3) is 6.53. The average molecular weight is 427 g/mol. The Hall–Kier alpha value is -3.42. The largest absolute Gasteiger partial charge is 0.465 e. The summed E-state index contributed by atoms with van der Waals surface area (Å²) in [5.74, 6) is -0.620. The fourth-order valence-corrected chi connectivity index (χ4v) is 3.53. The molecule has 0 aromatic heterocycles. The molecule has 1 heterocycles. The van der Waals surface area contributed by atoms with Gasteiger partial charge in [-0.05, 0) is 60.7 Å². The molecule has 31 heavy (non-hydrogen) atoms. The molecule has 0 radical (unpaired) electrons. The highest BCUT2D eigenvalue weighted by molar-refractivity contribution is 5.92. The van der Waals surface area contributed by atoms with E-state index in [1.54, 1.807) is 41.3 Å². The predicted octanol–water partition coefficient (Wildman–Crippen LogP) is 3.56. The fraction of sp³-hybridized carbons (Fsp3) is 0.348. The summed E-state index contributed by atoms with van der Waals surface area (Å²) in [6.07, 6.45) is 1.87. The molecule has 1 saturated heterocycles.